The van der Waals surface area contributed by atoms with Gasteiger partial charge in [-0.2, -0.15) is 18.4 Å². The number of amides is 2. The minimum atomic E-state index is -4.59. The molecule has 1 saturated heterocycles. The Hall–Kier alpha value is -3.05. The average molecular weight is 416 g/mol. The van der Waals surface area contributed by atoms with Crippen LogP contribution in [0.3, 0.4) is 0 Å². The van der Waals surface area contributed by atoms with E-state index in [9.17, 15) is 18.0 Å². The first-order valence-corrected chi connectivity index (χ1v) is 9.76. The number of nitrogens with zero attached hydrogens (tertiary/aromatic N) is 3. The predicted molar refractivity (Wildman–Crippen MR) is 107 cm³/mol. The van der Waals surface area contributed by atoms with E-state index in [1.54, 1.807) is 11.0 Å². The summed E-state index contributed by atoms with van der Waals surface area (Å²) >= 11 is 0. The first-order chi connectivity index (χ1) is 14.4. The van der Waals surface area contributed by atoms with Crippen molar-refractivity contribution in [2.75, 3.05) is 32.7 Å². The van der Waals surface area contributed by atoms with Crippen LogP contribution in [0.2, 0.25) is 0 Å². The zero-order valence-electron chi connectivity index (χ0n) is 16.5. The summed E-state index contributed by atoms with van der Waals surface area (Å²) in [5.41, 5.74) is 0.244. The second-order valence-electron chi connectivity index (χ2n) is 7.20. The van der Waals surface area contributed by atoms with Crippen LogP contribution >= 0.6 is 0 Å². The average Bonchev–Trinajstić information content (AvgIpc) is 2.76. The van der Waals surface area contributed by atoms with Crippen molar-refractivity contribution < 1.29 is 18.0 Å². The summed E-state index contributed by atoms with van der Waals surface area (Å²) in [5.74, 6) is 0. The molecule has 1 heterocycles. The fourth-order valence-corrected chi connectivity index (χ4v) is 3.45. The molecule has 1 aliphatic heterocycles. The maximum absolute atomic E-state index is 13.2. The molecule has 2 aromatic rings. The zero-order valence-corrected chi connectivity index (χ0v) is 16.5. The van der Waals surface area contributed by atoms with Gasteiger partial charge >= 0.3 is 12.2 Å². The standard InChI is InChI=1S/C22H23F3N4O/c23-22(24,25)20-14-18(15-26)6-7-19(20)16-27-21(30)29-12-10-28(11-13-29)9-8-17-4-2-1-3-5-17/h1-7,14H,8-13,16H2,(H,27,30). The monoisotopic (exact) mass is 416 g/mol. The normalized spacial score (nSPS) is 14.9. The molecule has 3 rings (SSSR count). The van der Waals surface area contributed by atoms with E-state index in [1.807, 2.05) is 18.2 Å². The van der Waals surface area contributed by atoms with Crippen molar-refractivity contribution >= 4 is 6.03 Å². The van der Waals surface area contributed by atoms with Gasteiger partial charge in [-0.3, -0.25) is 4.90 Å². The third kappa shape index (κ3) is 5.74. The van der Waals surface area contributed by atoms with Crippen LogP contribution in [0, 0.1) is 11.3 Å². The summed E-state index contributed by atoms with van der Waals surface area (Å²) in [6, 6.07) is 14.9. The molecule has 30 heavy (non-hydrogen) atoms. The number of hydrogen-bond acceptors (Lipinski definition) is 3. The molecule has 158 valence electrons. The highest BCUT2D eigenvalue weighted by Crippen LogP contribution is 2.32. The number of piperazine rings is 1. The number of nitrogens with one attached hydrogen (secondary N) is 1. The van der Waals surface area contributed by atoms with Crippen LogP contribution in [-0.2, 0) is 19.1 Å². The van der Waals surface area contributed by atoms with Crippen LogP contribution in [0.1, 0.15) is 22.3 Å². The Morgan fingerprint density at radius 3 is 2.40 bits per heavy atom. The van der Waals surface area contributed by atoms with Crippen molar-refractivity contribution in [2.24, 2.45) is 0 Å². The molecule has 0 aromatic heterocycles. The van der Waals surface area contributed by atoms with Crippen LogP contribution in [0.4, 0.5) is 18.0 Å². The van der Waals surface area contributed by atoms with E-state index in [-0.39, 0.29) is 23.7 Å². The molecule has 5 nitrogen and oxygen atoms in total. The summed E-state index contributed by atoms with van der Waals surface area (Å²) in [5, 5.41) is 11.4. The third-order valence-electron chi connectivity index (χ3n) is 5.19. The number of benzene rings is 2. The summed E-state index contributed by atoms with van der Waals surface area (Å²) < 4.78 is 39.7. The number of carbonyl (C=O) groups excluding carboxylic acids is 1. The lowest BCUT2D eigenvalue weighted by Gasteiger charge is -2.34. The Morgan fingerprint density at radius 2 is 1.77 bits per heavy atom. The molecule has 2 aromatic carbocycles. The number of carbonyl (C=O) groups is 1. The Labute approximate surface area is 173 Å². The Balaban J connectivity index is 1.49. The van der Waals surface area contributed by atoms with Gasteiger partial charge in [0.05, 0.1) is 17.2 Å². The van der Waals surface area contributed by atoms with Gasteiger partial charge in [0.1, 0.15) is 0 Å². The lowest BCUT2D eigenvalue weighted by Crippen LogP contribution is -2.51. The van der Waals surface area contributed by atoms with E-state index >= 15 is 0 Å². The molecule has 0 aliphatic carbocycles. The van der Waals surface area contributed by atoms with E-state index < -0.39 is 11.7 Å². The summed E-state index contributed by atoms with van der Waals surface area (Å²) in [7, 11) is 0. The molecule has 0 saturated carbocycles. The zero-order chi connectivity index (χ0) is 21.6. The fourth-order valence-electron chi connectivity index (χ4n) is 3.45. The number of halogens is 3. The smallest absolute Gasteiger partial charge is 0.334 e. The van der Waals surface area contributed by atoms with Gasteiger partial charge in [-0.25, -0.2) is 4.79 Å². The van der Waals surface area contributed by atoms with E-state index in [4.69, 9.17) is 5.26 Å². The molecule has 1 fully saturated rings. The highest BCUT2D eigenvalue weighted by Gasteiger charge is 2.33. The minimum Gasteiger partial charge on any atom is -0.334 e. The number of hydrogen-bond donors (Lipinski definition) is 1. The van der Waals surface area contributed by atoms with Crippen LogP contribution in [-0.4, -0.2) is 48.6 Å². The van der Waals surface area contributed by atoms with E-state index in [0.717, 1.165) is 32.1 Å². The molecule has 1 aliphatic rings. The molecular weight excluding hydrogens is 393 g/mol. The van der Waals surface area contributed by atoms with Crippen molar-refractivity contribution in [1.29, 1.82) is 5.26 Å². The largest absolute Gasteiger partial charge is 0.416 e. The van der Waals surface area contributed by atoms with E-state index in [1.165, 1.54) is 17.7 Å². The molecule has 2 amide bonds. The maximum Gasteiger partial charge on any atom is 0.416 e. The Kier molecular flexibility index (Phi) is 6.95. The second-order valence-corrected chi connectivity index (χ2v) is 7.20. The molecule has 0 atom stereocenters. The predicted octanol–water partition coefficient (Wildman–Crippen LogP) is 3.65. The van der Waals surface area contributed by atoms with Crippen LogP contribution in [0.15, 0.2) is 48.5 Å². The van der Waals surface area contributed by atoms with Gasteiger partial charge in [0.15, 0.2) is 0 Å². The maximum atomic E-state index is 13.2. The van der Waals surface area contributed by atoms with Gasteiger partial charge in [-0.05, 0) is 29.7 Å². The molecular formula is C22H23F3N4O. The number of urea groups is 1. The van der Waals surface area contributed by atoms with Crippen molar-refractivity contribution in [1.82, 2.24) is 15.1 Å². The van der Waals surface area contributed by atoms with Gasteiger partial charge in [-0.15, -0.1) is 0 Å². The lowest BCUT2D eigenvalue weighted by atomic mass is 10.0. The minimum absolute atomic E-state index is 0.0589. The number of alkyl halides is 3. The SMILES string of the molecule is N#Cc1ccc(CNC(=O)N2CCN(CCc3ccccc3)CC2)c(C(F)(F)F)c1. The highest BCUT2D eigenvalue weighted by molar-refractivity contribution is 5.74. The number of nitriles is 1. The van der Waals surface area contributed by atoms with Crippen molar-refractivity contribution in [3.05, 3.63) is 70.8 Å². The molecule has 0 unspecified atom stereocenters. The lowest BCUT2D eigenvalue weighted by molar-refractivity contribution is -0.138. The van der Waals surface area contributed by atoms with Crippen molar-refractivity contribution in [2.45, 2.75) is 19.1 Å². The molecule has 0 radical (unpaired) electrons. The molecule has 8 heteroatoms. The Morgan fingerprint density at radius 1 is 1.07 bits per heavy atom. The quantitative estimate of drug-likeness (QED) is 0.810. The number of rotatable bonds is 5. The van der Waals surface area contributed by atoms with Gasteiger partial charge in [0.2, 0.25) is 0 Å². The second kappa shape index (κ2) is 9.63. The van der Waals surface area contributed by atoms with E-state index in [0.29, 0.717) is 13.1 Å². The molecule has 0 spiro atoms. The summed E-state index contributed by atoms with van der Waals surface area (Å²) in [4.78, 5) is 16.3. The summed E-state index contributed by atoms with van der Waals surface area (Å²) in [6.07, 6.45) is -3.65. The first kappa shape index (κ1) is 21.7. The van der Waals surface area contributed by atoms with Crippen LogP contribution < -0.4 is 5.32 Å². The molecule has 0 bridgehead atoms. The third-order valence-corrected chi connectivity index (χ3v) is 5.19. The van der Waals surface area contributed by atoms with Crippen LogP contribution in [0.5, 0.6) is 0 Å². The van der Waals surface area contributed by atoms with Crippen molar-refractivity contribution in [3.63, 3.8) is 0 Å². The van der Waals surface area contributed by atoms with Crippen LogP contribution in [0.25, 0.3) is 0 Å². The fraction of sp³-hybridized carbons (Fsp3) is 0.364. The van der Waals surface area contributed by atoms with Gasteiger partial charge < -0.3 is 10.2 Å². The highest BCUT2D eigenvalue weighted by atomic mass is 19.4. The summed E-state index contributed by atoms with van der Waals surface area (Å²) in [6.45, 7) is 3.17. The Bertz CT molecular complexity index is 901. The van der Waals surface area contributed by atoms with Crippen molar-refractivity contribution in [3.8, 4) is 6.07 Å². The van der Waals surface area contributed by atoms with Gasteiger partial charge in [-0.1, -0.05) is 36.4 Å². The van der Waals surface area contributed by atoms with Gasteiger partial charge in [0.25, 0.3) is 0 Å². The van der Waals surface area contributed by atoms with Gasteiger partial charge in [0, 0.05) is 39.3 Å². The van der Waals surface area contributed by atoms with E-state index in [2.05, 4.69) is 22.3 Å². The topological polar surface area (TPSA) is 59.4 Å². The first-order valence-electron chi connectivity index (χ1n) is 9.76. The molecule has 1 N–H and O–H groups in total.